The number of nitrogens with zero attached hydrogens (tertiary/aromatic N) is 4. The molecule has 5 heteroatoms. The molecule has 0 amide bonds. The van der Waals surface area contributed by atoms with Crippen molar-refractivity contribution in [2.75, 3.05) is 0 Å². The van der Waals surface area contributed by atoms with Crippen LogP contribution in [0.3, 0.4) is 0 Å². The first kappa shape index (κ1) is 23.2. The Morgan fingerprint density at radius 1 is 0.465 bits per heavy atom. The molecule has 9 aromatic rings. The minimum Gasteiger partial charge on any atom is -0.309 e. The van der Waals surface area contributed by atoms with Gasteiger partial charge in [0.05, 0.1) is 33.3 Å². The Morgan fingerprint density at radius 3 is 2.07 bits per heavy atom. The molecular formula is C38H22N4S. The van der Waals surface area contributed by atoms with E-state index in [1.165, 1.54) is 42.4 Å². The summed E-state index contributed by atoms with van der Waals surface area (Å²) in [7, 11) is 0. The zero-order chi connectivity index (χ0) is 28.1. The number of para-hydroxylation sites is 3. The average Bonchev–Trinajstić information content (AvgIpc) is 3.58. The molecule has 200 valence electrons. The fourth-order valence-corrected chi connectivity index (χ4v) is 8.07. The summed E-state index contributed by atoms with van der Waals surface area (Å²) in [6, 6.07) is 47.5. The highest BCUT2D eigenvalue weighted by Crippen LogP contribution is 2.47. The highest BCUT2D eigenvalue weighted by Gasteiger charge is 2.25. The van der Waals surface area contributed by atoms with Gasteiger partial charge in [-0.2, -0.15) is 0 Å². The molecule has 0 atom stereocenters. The molecule has 0 radical (unpaired) electrons. The molecule has 0 fully saturated rings. The molecule has 0 aliphatic carbocycles. The Hall–Kier alpha value is -5.39. The van der Waals surface area contributed by atoms with Crippen LogP contribution < -0.4 is 0 Å². The third kappa shape index (κ3) is 3.12. The summed E-state index contributed by atoms with van der Waals surface area (Å²) in [5.41, 5.74) is 8.84. The third-order valence-corrected chi connectivity index (χ3v) is 9.86. The highest BCUT2D eigenvalue weighted by atomic mass is 32.2. The fraction of sp³-hybridized carbons (Fsp3) is 0. The van der Waals surface area contributed by atoms with Crippen molar-refractivity contribution in [3.8, 4) is 22.9 Å². The first-order valence-electron chi connectivity index (χ1n) is 14.4. The SMILES string of the molecule is c1ccc(-n2c3ccccc3c3ccc4c(c5ccccc5n4-c4nc5c6c(cccc6n4)Sc4ccccc4-5)c32)cc1. The molecular weight excluding hydrogens is 545 g/mol. The lowest BCUT2D eigenvalue weighted by atomic mass is 10.1. The lowest BCUT2D eigenvalue weighted by molar-refractivity contribution is 1.01. The number of aromatic nitrogens is 4. The summed E-state index contributed by atoms with van der Waals surface area (Å²) in [5.74, 6) is 0.689. The largest absolute Gasteiger partial charge is 0.309 e. The normalized spacial score (nSPS) is 12.6. The minimum atomic E-state index is 0.689. The number of hydrogen-bond donors (Lipinski definition) is 0. The standard InChI is InChI=1S/C38H22N4S/c1-2-11-23(12-3-1)41-29-17-7-4-13-24(29)25-21-22-31-34(37(25)41)26-14-5-8-18-30(26)42(31)38-39-28-16-10-20-33-35(28)36(40-38)27-15-6-9-19-32(27)43-33/h1-22H. The maximum atomic E-state index is 5.35. The zero-order valence-corrected chi connectivity index (χ0v) is 23.7. The zero-order valence-electron chi connectivity index (χ0n) is 22.9. The number of rotatable bonds is 2. The molecule has 0 N–H and O–H groups in total. The van der Waals surface area contributed by atoms with Gasteiger partial charge in [0.15, 0.2) is 0 Å². The maximum absolute atomic E-state index is 5.35. The van der Waals surface area contributed by atoms with E-state index in [0.717, 1.165) is 38.9 Å². The van der Waals surface area contributed by atoms with E-state index < -0.39 is 0 Å². The van der Waals surface area contributed by atoms with Gasteiger partial charge in [-0.15, -0.1) is 0 Å². The van der Waals surface area contributed by atoms with Gasteiger partial charge in [0.1, 0.15) is 0 Å². The molecule has 1 aliphatic heterocycles. The number of benzene rings is 6. The van der Waals surface area contributed by atoms with Crippen molar-refractivity contribution in [3.05, 3.63) is 133 Å². The van der Waals surface area contributed by atoms with Crippen LogP contribution in [0.1, 0.15) is 0 Å². The molecule has 0 saturated carbocycles. The summed E-state index contributed by atoms with van der Waals surface area (Å²) in [4.78, 5) is 13.0. The van der Waals surface area contributed by atoms with Crippen LogP contribution in [0, 0.1) is 0 Å². The molecule has 1 aliphatic rings. The van der Waals surface area contributed by atoms with Gasteiger partial charge in [-0.3, -0.25) is 4.57 Å². The van der Waals surface area contributed by atoms with Crippen molar-refractivity contribution in [1.82, 2.24) is 19.1 Å². The minimum absolute atomic E-state index is 0.689. The average molecular weight is 567 g/mol. The Balaban J connectivity index is 1.38. The van der Waals surface area contributed by atoms with Crippen molar-refractivity contribution in [2.45, 2.75) is 9.79 Å². The summed E-state index contributed by atoms with van der Waals surface area (Å²) in [5, 5.41) is 6.00. The molecule has 0 bridgehead atoms. The van der Waals surface area contributed by atoms with E-state index in [-0.39, 0.29) is 0 Å². The molecule has 10 rings (SSSR count). The first-order chi connectivity index (χ1) is 21.3. The summed E-state index contributed by atoms with van der Waals surface area (Å²) in [6.45, 7) is 0. The highest BCUT2D eigenvalue weighted by molar-refractivity contribution is 7.99. The van der Waals surface area contributed by atoms with Gasteiger partial charge >= 0.3 is 0 Å². The van der Waals surface area contributed by atoms with E-state index >= 15 is 0 Å². The van der Waals surface area contributed by atoms with Crippen LogP contribution in [0.2, 0.25) is 0 Å². The smallest absolute Gasteiger partial charge is 0.235 e. The van der Waals surface area contributed by atoms with Gasteiger partial charge in [-0.05, 0) is 48.5 Å². The van der Waals surface area contributed by atoms with Gasteiger partial charge < -0.3 is 4.57 Å². The van der Waals surface area contributed by atoms with E-state index in [2.05, 4.69) is 143 Å². The third-order valence-electron chi connectivity index (χ3n) is 8.72. The van der Waals surface area contributed by atoms with Crippen molar-refractivity contribution < 1.29 is 0 Å². The molecule has 43 heavy (non-hydrogen) atoms. The molecule has 3 aromatic heterocycles. The van der Waals surface area contributed by atoms with Gasteiger partial charge in [-0.1, -0.05) is 96.7 Å². The summed E-state index contributed by atoms with van der Waals surface area (Å²) < 4.78 is 4.67. The van der Waals surface area contributed by atoms with Gasteiger partial charge in [0, 0.05) is 48.0 Å². The van der Waals surface area contributed by atoms with Crippen LogP contribution in [0.5, 0.6) is 0 Å². The van der Waals surface area contributed by atoms with E-state index in [1.54, 1.807) is 11.8 Å². The lowest BCUT2D eigenvalue weighted by Crippen LogP contribution is -2.05. The monoisotopic (exact) mass is 566 g/mol. The predicted molar refractivity (Wildman–Crippen MR) is 178 cm³/mol. The Labute approximate surface area is 250 Å². The van der Waals surface area contributed by atoms with Gasteiger partial charge in [-0.25, -0.2) is 9.97 Å². The van der Waals surface area contributed by atoms with Crippen molar-refractivity contribution in [3.63, 3.8) is 0 Å². The van der Waals surface area contributed by atoms with Crippen molar-refractivity contribution in [2.24, 2.45) is 0 Å². The molecule has 6 aromatic carbocycles. The second-order valence-corrected chi connectivity index (χ2v) is 12.1. The van der Waals surface area contributed by atoms with Crippen LogP contribution in [0.25, 0.3) is 77.4 Å². The molecule has 0 unspecified atom stereocenters. The molecule has 0 saturated heterocycles. The van der Waals surface area contributed by atoms with Gasteiger partial charge in [0.2, 0.25) is 5.95 Å². The van der Waals surface area contributed by atoms with E-state index in [1.807, 2.05) is 0 Å². The molecule has 4 nitrogen and oxygen atoms in total. The lowest BCUT2D eigenvalue weighted by Gasteiger charge is -2.20. The second-order valence-electron chi connectivity index (χ2n) is 11.0. The van der Waals surface area contributed by atoms with Crippen molar-refractivity contribution in [1.29, 1.82) is 0 Å². The Kier molecular flexibility index (Phi) is 4.62. The fourth-order valence-electron chi connectivity index (χ4n) is 6.96. The number of fused-ring (bicyclic) bond motifs is 9. The van der Waals surface area contributed by atoms with E-state index in [9.17, 15) is 0 Å². The summed E-state index contributed by atoms with van der Waals surface area (Å²) in [6.07, 6.45) is 0. The van der Waals surface area contributed by atoms with Crippen LogP contribution in [-0.4, -0.2) is 19.1 Å². The second kappa shape index (κ2) is 8.57. The van der Waals surface area contributed by atoms with Gasteiger partial charge in [0.25, 0.3) is 0 Å². The van der Waals surface area contributed by atoms with Crippen LogP contribution in [-0.2, 0) is 0 Å². The van der Waals surface area contributed by atoms with Crippen molar-refractivity contribution >= 4 is 66.3 Å². The molecule has 4 heterocycles. The first-order valence-corrected chi connectivity index (χ1v) is 15.3. The maximum Gasteiger partial charge on any atom is 0.235 e. The quantitative estimate of drug-likeness (QED) is 0.209. The van der Waals surface area contributed by atoms with Crippen LogP contribution in [0.15, 0.2) is 143 Å². The Bertz CT molecular complexity index is 2590. The summed E-state index contributed by atoms with van der Waals surface area (Å²) >= 11 is 1.80. The topological polar surface area (TPSA) is 35.6 Å². The predicted octanol–water partition coefficient (Wildman–Crippen LogP) is 9.96. The van der Waals surface area contributed by atoms with Crippen LogP contribution in [0.4, 0.5) is 0 Å². The Morgan fingerprint density at radius 2 is 1.19 bits per heavy atom. The van der Waals surface area contributed by atoms with E-state index in [0.29, 0.717) is 5.95 Å². The van der Waals surface area contributed by atoms with Crippen LogP contribution >= 0.6 is 11.8 Å². The van der Waals surface area contributed by atoms with E-state index in [4.69, 9.17) is 9.97 Å². The molecule has 0 spiro atoms. The number of hydrogen-bond acceptors (Lipinski definition) is 3.